The van der Waals surface area contributed by atoms with Crippen LogP contribution in [-0.2, 0) is 0 Å². The maximum atomic E-state index is 4.87. The first-order valence-corrected chi connectivity index (χ1v) is 16.1. The predicted octanol–water partition coefficient (Wildman–Crippen LogP) is 9.91. The molecule has 48 heavy (non-hydrogen) atoms. The minimum absolute atomic E-state index is 0.461. The van der Waals surface area contributed by atoms with E-state index in [0.717, 1.165) is 33.4 Å². The van der Waals surface area contributed by atoms with Gasteiger partial charge in [-0.1, -0.05) is 106 Å². The molecule has 0 fully saturated rings. The smallest absolute Gasteiger partial charge is 0.182 e. The number of rotatable bonds is 6. The van der Waals surface area contributed by atoms with Crippen molar-refractivity contribution >= 4 is 0 Å². The lowest BCUT2D eigenvalue weighted by atomic mass is 10.0. The van der Waals surface area contributed by atoms with Crippen molar-refractivity contribution in [2.45, 2.75) is 41.5 Å². The van der Waals surface area contributed by atoms with Gasteiger partial charge >= 0.3 is 0 Å². The summed E-state index contributed by atoms with van der Waals surface area (Å²) in [7, 11) is 0. The minimum atomic E-state index is 0.461. The molecule has 234 valence electrons. The van der Waals surface area contributed by atoms with Gasteiger partial charge in [-0.05, 0) is 76.4 Å². The van der Waals surface area contributed by atoms with Crippen LogP contribution in [0.2, 0.25) is 0 Å². The van der Waals surface area contributed by atoms with Crippen molar-refractivity contribution < 1.29 is 0 Å². The van der Waals surface area contributed by atoms with Crippen LogP contribution in [0.15, 0.2) is 110 Å². The standard InChI is InChI=1S/C42H36N6/c1-25-13-26(2)17-34(16-25)31-7-10-37(43-22-31)40-46-41(38-11-8-32(23-44-38)35-18-27(3)14-28(4)19-35)48-42(47-40)39-12-9-33(24-45-39)36-20-29(5)15-30(6)21-36/h7-24H,1-6H3. The Labute approximate surface area is 281 Å². The summed E-state index contributed by atoms with van der Waals surface area (Å²) in [5.74, 6) is 1.38. The van der Waals surface area contributed by atoms with E-state index in [9.17, 15) is 0 Å². The number of benzene rings is 3. The van der Waals surface area contributed by atoms with Gasteiger partial charge in [0.25, 0.3) is 0 Å². The zero-order valence-electron chi connectivity index (χ0n) is 28.1. The Bertz CT molecular complexity index is 1940. The third-order valence-corrected chi connectivity index (χ3v) is 8.28. The fourth-order valence-electron chi connectivity index (χ4n) is 6.23. The number of hydrogen-bond donors (Lipinski definition) is 0. The summed E-state index contributed by atoms with van der Waals surface area (Å²) in [4.78, 5) is 29.0. The molecule has 0 spiro atoms. The monoisotopic (exact) mass is 624 g/mol. The van der Waals surface area contributed by atoms with Gasteiger partial charge < -0.3 is 0 Å². The van der Waals surface area contributed by atoms with Gasteiger partial charge in [-0.2, -0.15) is 0 Å². The van der Waals surface area contributed by atoms with Crippen LogP contribution in [0, 0.1) is 41.5 Å². The third kappa shape index (κ3) is 6.65. The van der Waals surface area contributed by atoms with Gasteiger partial charge in [0.05, 0.1) is 0 Å². The molecule has 0 unspecified atom stereocenters. The Morgan fingerprint density at radius 2 is 0.542 bits per heavy atom. The van der Waals surface area contributed by atoms with Crippen molar-refractivity contribution in [3.05, 3.63) is 143 Å². The van der Waals surface area contributed by atoms with E-state index in [2.05, 4.69) is 114 Å². The molecule has 0 radical (unpaired) electrons. The summed E-state index contributed by atoms with van der Waals surface area (Å²) in [6.07, 6.45) is 5.63. The van der Waals surface area contributed by atoms with Gasteiger partial charge in [0.15, 0.2) is 17.5 Å². The lowest BCUT2D eigenvalue weighted by Gasteiger charge is -2.10. The van der Waals surface area contributed by atoms with Crippen LogP contribution in [0.1, 0.15) is 33.4 Å². The highest BCUT2D eigenvalue weighted by Gasteiger charge is 2.16. The minimum Gasteiger partial charge on any atom is -0.252 e. The Morgan fingerprint density at radius 1 is 0.292 bits per heavy atom. The quantitative estimate of drug-likeness (QED) is 0.183. The molecule has 3 aromatic carbocycles. The van der Waals surface area contributed by atoms with E-state index in [1.54, 1.807) is 0 Å². The largest absolute Gasteiger partial charge is 0.252 e. The SMILES string of the molecule is Cc1cc(C)cc(-c2ccc(-c3nc(-c4ccc(-c5cc(C)cc(C)c5)cn4)nc(-c4ccc(-c5cc(C)cc(C)c5)cn4)n3)nc2)c1. The molecule has 0 saturated carbocycles. The maximum absolute atomic E-state index is 4.87. The van der Waals surface area contributed by atoms with E-state index >= 15 is 0 Å². The lowest BCUT2D eigenvalue weighted by molar-refractivity contribution is 1.03. The van der Waals surface area contributed by atoms with Gasteiger partial charge in [0, 0.05) is 35.3 Å². The second-order valence-corrected chi connectivity index (χ2v) is 12.7. The molecule has 0 bridgehead atoms. The number of hydrogen-bond acceptors (Lipinski definition) is 6. The van der Waals surface area contributed by atoms with Crippen LogP contribution in [0.25, 0.3) is 67.9 Å². The fraction of sp³-hybridized carbons (Fsp3) is 0.143. The second-order valence-electron chi connectivity index (χ2n) is 12.7. The topological polar surface area (TPSA) is 77.3 Å². The normalized spacial score (nSPS) is 11.1. The highest BCUT2D eigenvalue weighted by molar-refractivity contribution is 5.70. The van der Waals surface area contributed by atoms with E-state index in [-0.39, 0.29) is 0 Å². The first kappa shape index (κ1) is 30.8. The van der Waals surface area contributed by atoms with Crippen LogP contribution < -0.4 is 0 Å². The molecule has 7 rings (SSSR count). The van der Waals surface area contributed by atoms with E-state index in [1.165, 1.54) is 33.4 Å². The van der Waals surface area contributed by atoms with Gasteiger partial charge in [0.1, 0.15) is 17.1 Å². The van der Waals surface area contributed by atoms with Gasteiger partial charge in [-0.15, -0.1) is 0 Å². The molecular formula is C42H36N6. The average Bonchev–Trinajstić information content (AvgIpc) is 3.07. The summed E-state index contributed by atoms with van der Waals surface area (Å²) in [5.41, 5.74) is 15.7. The van der Waals surface area contributed by atoms with Crippen molar-refractivity contribution in [1.82, 2.24) is 29.9 Å². The molecule has 4 aromatic heterocycles. The van der Waals surface area contributed by atoms with Crippen molar-refractivity contribution in [3.8, 4) is 67.9 Å². The zero-order valence-corrected chi connectivity index (χ0v) is 28.1. The Kier molecular flexibility index (Phi) is 8.15. The summed E-state index contributed by atoms with van der Waals surface area (Å²) in [5, 5.41) is 0. The van der Waals surface area contributed by atoms with Gasteiger partial charge in [-0.3, -0.25) is 15.0 Å². The Hall–Kier alpha value is -5.88. The molecule has 0 aliphatic heterocycles. The first-order chi connectivity index (χ1) is 23.2. The molecule has 4 heterocycles. The third-order valence-electron chi connectivity index (χ3n) is 8.28. The molecule has 0 atom stereocenters. The fourth-order valence-corrected chi connectivity index (χ4v) is 6.23. The van der Waals surface area contributed by atoms with E-state index in [4.69, 9.17) is 29.9 Å². The highest BCUT2D eigenvalue weighted by atomic mass is 15.1. The molecule has 0 aliphatic carbocycles. The zero-order chi connectivity index (χ0) is 33.4. The number of nitrogens with zero attached hydrogens (tertiary/aromatic N) is 6. The van der Waals surface area contributed by atoms with E-state index < -0.39 is 0 Å². The maximum Gasteiger partial charge on any atom is 0.182 e. The molecule has 0 saturated heterocycles. The number of pyridine rings is 3. The molecule has 6 heteroatoms. The van der Waals surface area contributed by atoms with E-state index in [1.807, 2.05) is 36.8 Å². The molecular weight excluding hydrogens is 589 g/mol. The first-order valence-electron chi connectivity index (χ1n) is 16.1. The van der Waals surface area contributed by atoms with Crippen molar-refractivity contribution in [2.75, 3.05) is 0 Å². The lowest BCUT2D eigenvalue weighted by Crippen LogP contribution is -2.03. The molecule has 6 nitrogen and oxygen atoms in total. The molecule has 7 aromatic rings. The summed E-state index contributed by atoms with van der Waals surface area (Å²) in [6, 6.07) is 31.6. The molecule has 0 aliphatic rings. The summed E-state index contributed by atoms with van der Waals surface area (Å²) >= 11 is 0. The van der Waals surface area contributed by atoms with Crippen LogP contribution >= 0.6 is 0 Å². The van der Waals surface area contributed by atoms with Crippen molar-refractivity contribution in [3.63, 3.8) is 0 Å². The molecule has 0 N–H and O–H groups in total. The van der Waals surface area contributed by atoms with Gasteiger partial charge in [0.2, 0.25) is 0 Å². The number of aromatic nitrogens is 6. The Morgan fingerprint density at radius 3 is 0.750 bits per heavy atom. The van der Waals surface area contributed by atoms with E-state index in [0.29, 0.717) is 34.6 Å². The predicted molar refractivity (Wildman–Crippen MR) is 194 cm³/mol. The highest BCUT2D eigenvalue weighted by Crippen LogP contribution is 2.29. The summed E-state index contributed by atoms with van der Waals surface area (Å²) < 4.78 is 0. The van der Waals surface area contributed by atoms with Crippen LogP contribution in [0.4, 0.5) is 0 Å². The van der Waals surface area contributed by atoms with Crippen LogP contribution in [-0.4, -0.2) is 29.9 Å². The Balaban J connectivity index is 1.29. The number of aryl methyl sites for hydroxylation is 6. The van der Waals surface area contributed by atoms with Crippen LogP contribution in [0.3, 0.4) is 0 Å². The van der Waals surface area contributed by atoms with Gasteiger partial charge in [-0.25, -0.2) is 15.0 Å². The molecule has 0 amide bonds. The van der Waals surface area contributed by atoms with Crippen molar-refractivity contribution in [2.24, 2.45) is 0 Å². The second kappa shape index (κ2) is 12.7. The summed E-state index contributed by atoms with van der Waals surface area (Å²) in [6.45, 7) is 12.6. The van der Waals surface area contributed by atoms with Crippen LogP contribution in [0.5, 0.6) is 0 Å². The van der Waals surface area contributed by atoms with Crippen molar-refractivity contribution in [1.29, 1.82) is 0 Å². The average molecular weight is 625 g/mol.